The van der Waals surface area contributed by atoms with Gasteiger partial charge in [-0.05, 0) is 52.3 Å². The third kappa shape index (κ3) is 3.33. The van der Waals surface area contributed by atoms with E-state index in [2.05, 4.69) is 55.4 Å². The molecule has 0 amide bonds. The first-order valence-corrected chi connectivity index (χ1v) is 7.18. The Kier molecular flexibility index (Phi) is 4.79. The zero-order chi connectivity index (χ0) is 13.0. The number of hydrogen-bond donors (Lipinski definition) is 1. The van der Waals surface area contributed by atoms with Crippen LogP contribution in [0.1, 0.15) is 43.4 Å². The van der Waals surface area contributed by atoms with E-state index < -0.39 is 0 Å². The summed E-state index contributed by atoms with van der Waals surface area (Å²) in [5, 5.41) is 3.46. The Hall–Kier alpha value is -0.860. The van der Waals surface area contributed by atoms with Crippen LogP contribution in [0.2, 0.25) is 0 Å². The molecule has 2 atom stereocenters. The Labute approximate surface area is 111 Å². The van der Waals surface area contributed by atoms with E-state index in [1.807, 2.05) is 0 Å². The van der Waals surface area contributed by atoms with E-state index in [1.165, 1.54) is 43.5 Å². The van der Waals surface area contributed by atoms with Crippen LogP contribution in [0, 0.1) is 6.92 Å². The summed E-state index contributed by atoms with van der Waals surface area (Å²) in [6.07, 6.45) is 3.94. The summed E-state index contributed by atoms with van der Waals surface area (Å²) in [5.74, 6) is 0. The maximum Gasteiger partial charge on any atom is 0.0329 e. The molecule has 1 aromatic rings. The third-order valence-corrected chi connectivity index (χ3v) is 4.19. The Balaban J connectivity index is 1.93. The van der Waals surface area contributed by atoms with Crippen LogP contribution in [0.5, 0.6) is 0 Å². The Bertz CT molecular complexity index is 375. The molecule has 18 heavy (non-hydrogen) atoms. The van der Waals surface area contributed by atoms with Gasteiger partial charge in [0, 0.05) is 18.6 Å². The van der Waals surface area contributed by atoms with Gasteiger partial charge in [-0.25, -0.2) is 0 Å². The lowest BCUT2D eigenvalue weighted by atomic mass is 10.0. The predicted molar refractivity (Wildman–Crippen MR) is 77.9 cm³/mol. The lowest BCUT2D eigenvalue weighted by Crippen LogP contribution is -2.30. The smallest absolute Gasteiger partial charge is 0.0329 e. The minimum absolute atomic E-state index is 0.484. The first-order chi connectivity index (χ1) is 8.70. The number of hydrogen-bond acceptors (Lipinski definition) is 2. The van der Waals surface area contributed by atoms with Crippen molar-refractivity contribution in [3.63, 3.8) is 0 Å². The van der Waals surface area contributed by atoms with E-state index in [9.17, 15) is 0 Å². The molecule has 1 aliphatic rings. The van der Waals surface area contributed by atoms with Crippen molar-refractivity contribution in [2.45, 2.75) is 45.2 Å². The number of benzene rings is 1. The van der Waals surface area contributed by atoms with Gasteiger partial charge in [0.2, 0.25) is 0 Å². The normalized spacial score (nSPS) is 22.3. The molecule has 0 spiro atoms. The molecular weight excluding hydrogens is 220 g/mol. The average Bonchev–Trinajstić information content (AvgIpc) is 2.76. The van der Waals surface area contributed by atoms with E-state index in [0.717, 1.165) is 6.04 Å². The van der Waals surface area contributed by atoms with Crippen molar-refractivity contribution in [1.29, 1.82) is 0 Å². The summed E-state index contributed by atoms with van der Waals surface area (Å²) in [7, 11) is 2.07. The van der Waals surface area contributed by atoms with Gasteiger partial charge in [-0.15, -0.1) is 0 Å². The summed E-state index contributed by atoms with van der Waals surface area (Å²) >= 11 is 0. The molecule has 1 fully saturated rings. The number of rotatable bonds is 5. The van der Waals surface area contributed by atoms with Crippen LogP contribution in [0.4, 0.5) is 0 Å². The molecule has 0 aromatic heterocycles. The highest BCUT2D eigenvalue weighted by Crippen LogP contribution is 2.21. The molecule has 1 saturated heterocycles. The average molecular weight is 246 g/mol. The van der Waals surface area contributed by atoms with Crippen LogP contribution in [0.15, 0.2) is 24.3 Å². The van der Waals surface area contributed by atoms with Crippen LogP contribution in [0.25, 0.3) is 0 Å². The second kappa shape index (κ2) is 6.35. The number of aryl methyl sites for hydroxylation is 1. The SMILES string of the molecule is CNC(CCN1CCCC1C)c1cccc(C)c1. The first-order valence-electron chi connectivity index (χ1n) is 7.18. The number of nitrogens with zero attached hydrogens (tertiary/aromatic N) is 1. The molecule has 1 heterocycles. The molecule has 100 valence electrons. The van der Waals surface area contributed by atoms with Crippen molar-refractivity contribution in [3.8, 4) is 0 Å². The maximum atomic E-state index is 3.46. The highest BCUT2D eigenvalue weighted by atomic mass is 15.2. The van der Waals surface area contributed by atoms with E-state index in [-0.39, 0.29) is 0 Å². The summed E-state index contributed by atoms with van der Waals surface area (Å²) in [6.45, 7) is 7.01. The Morgan fingerprint density at radius 3 is 2.89 bits per heavy atom. The fourth-order valence-corrected chi connectivity index (χ4v) is 2.98. The van der Waals surface area contributed by atoms with Gasteiger partial charge in [0.25, 0.3) is 0 Å². The van der Waals surface area contributed by atoms with Gasteiger partial charge in [0.1, 0.15) is 0 Å². The third-order valence-electron chi connectivity index (χ3n) is 4.19. The quantitative estimate of drug-likeness (QED) is 0.858. The minimum Gasteiger partial charge on any atom is -0.313 e. The van der Waals surface area contributed by atoms with Crippen LogP contribution in [0.3, 0.4) is 0 Å². The minimum atomic E-state index is 0.484. The summed E-state index contributed by atoms with van der Waals surface area (Å²) < 4.78 is 0. The summed E-state index contributed by atoms with van der Waals surface area (Å²) in [6, 6.07) is 10.1. The van der Waals surface area contributed by atoms with Gasteiger partial charge in [0.05, 0.1) is 0 Å². The maximum absolute atomic E-state index is 3.46. The monoisotopic (exact) mass is 246 g/mol. The van der Waals surface area contributed by atoms with Crippen molar-refractivity contribution in [2.24, 2.45) is 0 Å². The van der Waals surface area contributed by atoms with Gasteiger partial charge in [0.15, 0.2) is 0 Å². The van der Waals surface area contributed by atoms with E-state index >= 15 is 0 Å². The zero-order valence-electron chi connectivity index (χ0n) is 11.9. The first kappa shape index (κ1) is 13.6. The predicted octanol–water partition coefficient (Wildman–Crippen LogP) is 3.13. The van der Waals surface area contributed by atoms with Gasteiger partial charge < -0.3 is 10.2 Å². The standard InChI is InChI=1S/C16H26N2/c1-13-6-4-8-15(12-13)16(17-3)9-11-18-10-5-7-14(18)2/h4,6,8,12,14,16-17H,5,7,9-11H2,1-3H3. The van der Waals surface area contributed by atoms with Gasteiger partial charge >= 0.3 is 0 Å². The molecule has 1 aromatic carbocycles. The lowest BCUT2D eigenvalue weighted by Gasteiger charge is -2.24. The molecule has 0 saturated carbocycles. The summed E-state index contributed by atoms with van der Waals surface area (Å²) in [4.78, 5) is 2.63. The molecule has 0 radical (unpaired) electrons. The highest BCUT2D eigenvalue weighted by molar-refractivity contribution is 5.25. The number of likely N-dealkylation sites (tertiary alicyclic amines) is 1. The van der Waals surface area contributed by atoms with Crippen molar-refractivity contribution in [1.82, 2.24) is 10.2 Å². The van der Waals surface area contributed by atoms with Crippen molar-refractivity contribution < 1.29 is 0 Å². The Morgan fingerprint density at radius 2 is 2.28 bits per heavy atom. The molecule has 0 bridgehead atoms. The van der Waals surface area contributed by atoms with E-state index in [4.69, 9.17) is 0 Å². The van der Waals surface area contributed by atoms with Gasteiger partial charge in [-0.2, -0.15) is 0 Å². The fraction of sp³-hybridized carbons (Fsp3) is 0.625. The second-order valence-electron chi connectivity index (χ2n) is 5.57. The Morgan fingerprint density at radius 1 is 1.44 bits per heavy atom. The molecule has 2 unspecified atom stereocenters. The van der Waals surface area contributed by atoms with Crippen LogP contribution in [-0.2, 0) is 0 Å². The van der Waals surface area contributed by atoms with Crippen molar-refractivity contribution in [2.75, 3.05) is 20.1 Å². The second-order valence-corrected chi connectivity index (χ2v) is 5.57. The molecular formula is C16H26N2. The van der Waals surface area contributed by atoms with Gasteiger partial charge in [-0.3, -0.25) is 0 Å². The van der Waals surface area contributed by atoms with E-state index in [1.54, 1.807) is 0 Å². The zero-order valence-corrected chi connectivity index (χ0v) is 11.9. The van der Waals surface area contributed by atoms with Crippen LogP contribution in [-0.4, -0.2) is 31.1 Å². The van der Waals surface area contributed by atoms with Crippen LogP contribution < -0.4 is 5.32 Å². The van der Waals surface area contributed by atoms with E-state index in [0.29, 0.717) is 6.04 Å². The van der Waals surface area contributed by atoms with Crippen LogP contribution >= 0.6 is 0 Å². The van der Waals surface area contributed by atoms with Crippen molar-refractivity contribution in [3.05, 3.63) is 35.4 Å². The lowest BCUT2D eigenvalue weighted by molar-refractivity contribution is 0.253. The molecule has 1 N–H and O–H groups in total. The molecule has 0 aliphatic carbocycles. The van der Waals surface area contributed by atoms with Gasteiger partial charge in [-0.1, -0.05) is 29.8 Å². The largest absolute Gasteiger partial charge is 0.313 e. The fourth-order valence-electron chi connectivity index (χ4n) is 2.98. The molecule has 1 aliphatic heterocycles. The topological polar surface area (TPSA) is 15.3 Å². The number of nitrogens with one attached hydrogen (secondary N) is 1. The molecule has 2 rings (SSSR count). The van der Waals surface area contributed by atoms with Crippen molar-refractivity contribution >= 4 is 0 Å². The summed E-state index contributed by atoms with van der Waals surface area (Å²) in [5.41, 5.74) is 2.77. The highest BCUT2D eigenvalue weighted by Gasteiger charge is 2.21. The molecule has 2 nitrogen and oxygen atoms in total. The molecule has 2 heteroatoms.